The summed E-state index contributed by atoms with van der Waals surface area (Å²) in [5.74, 6) is 1.57. The van der Waals surface area contributed by atoms with Crippen molar-refractivity contribution in [2.75, 3.05) is 0 Å². The number of thiazole rings is 2. The minimum Gasteiger partial charge on any atom is -0.276 e. The summed E-state index contributed by atoms with van der Waals surface area (Å²) in [6.07, 6.45) is 20.6. The van der Waals surface area contributed by atoms with E-state index >= 15 is 0 Å². The second-order valence-electron chi connectivity index (χ2n) is 15.6. The summed E-state index contributed by atoms with van der Waals surface area (Å²) in [4.78, 5) is 38.8. The molecule has 77 heavy (non-hydrogen) atoms. The van der Waals surface area contributed by atoms with Crippen molar-refractivity contribution in [2.45, 2.75) is 69.2 Å². The van der Waals surface area contributed by atoms with Crippen LogP contribution in [0.5, 0.6) is 0 Å². The Morgan fingerprint density at radius 2 is 1.09 bits per heavy atom. The van der Waals surface area contributed by atoms with Gasteiger partial charge in [-0.25, -0.2) is 29.9 Å². The third-order valence-electron chi connectivity index (χ3n) is 8.59. The largest absolute Gasteiger partial charge is 0.276 e. The van der Waals surface area contributed by atoms with Gasteiger partial charge in [-0.15, -0.1) is 22.7 Å². The van der Waals surface area contributed by atoms with Gasteiger partial charge < -0.3 is 0 Å². The Balaban J connectivity index is 0.000000424. The van der Waals surface area contributed by atoms with Crippen molar-refractivity contribution in [1.29, 1.82) is 0 Å². The van der Waals surface area contributed by atoms with Gasteiger partial charge in [-0.2, -0.15) is 20.4 Å². The van der Waals surface area contributed by atoms with Crippen LogP contribution in [0.25, 0.3) is 0 Å². The lowest BCUT2D eigenvalue weighted by atomic mass is 10.3. The van der Waals surface area contributed by atoms with Crippen LogP contribution in [0.4, 0.5) is 0 Å². The number of rotatable bonds is 0. The van der Waals surface area contributed by atoms with Gasteiger partial charge in [0.25, 0.3) is 0 Å². The maximum Gasteiger partial charge on any atom is 0.151 e. The quantitative estimate of drug-likeness (QED) is 0.130. The highest BCUT2D eigenvalue weighted by molar-refractivity contribution is 7.09. The standard InChI is InChI=1S/C6H6ClN.2C6H7N.C5H5ClN2.C5H7ClN2.2C5H8N2.C5H6N2.2C4H5NS.C3H5N3/c1-5-2-3-6(7)8-4-5;2*1-6-4-2-3-5-7-6;1-4-7-2-5(6)3-8-4;1-4-3-5(6)7-8(4)2;1-5-3-4-7(2)6-5;1-5-3-4-6-7(5)2;1-5-6-3-2-4-7-5;1-4-2-6-3-5-4;1-4-5-2-3-6-4;1-6-3-4-2-5-6/h2-4H,1H3;2*2-5H,1H3;2-3H,1H3;3H,1-2H3;2*3-4H,1-2H3;2-4H,1H3;3*2-3H,1H3. The Morgan fingerprint density at radius 1 is 0.468 bits per heavy atom. The minimum absolute atomic E-state index is 0.551. The van der Waals surface area contributed by atoms with Crippen molar-refractivity contribution in [3.05, 3.63) is 235 Å². The van der Waals surface area contributed by atoms with E-state index in [1.165, 1.54) is 12.0 Å². The van der Waals surface area contributed by atoms with Crippen LogP contribution in [0, 0.1) is 69.2 Å². The molecule has 11 aromatic rings. The molecule has 18 nitrogen and oxygen atoms in total. The fourth-order valence-electron chi connectivity index (χ4n) is 4.42. The van der Waals surface area contributed by atoms with E-state index in [0.29, 0.717) is 15.3 Å². The molecule has 0 aromatic carbocycles. The Labute approximate surface area is 476 Å². The molecule has 0 saturated carbocycles. The van der Waals surface area contributed by atoms with Gasteiger partial charge in [0.05, 0.1) is 21.2 Å². The van der Waals surface area contributed by atoms with Crippen molar-refractivity contribution in [2.24, 2.45) is 28.2 Å². The summed E-state index contributed by atoms with van der Waals surface area (Å²) in [7, 11) is 7.52. The smallest absolute Gasteiger partial charge is 0.151 e. The third-order valence-corrected chi connectivity index (χ3v) is 10.6. The highest BCUT2D eigenvalue weighted by Crippen LogP contribution is 2.06. The molecule has 11 heterocycles. The Hall–Kier alpha value is -7.49. The number of hydrogen-bond acceptors (Lipinski definition) is 16. The predicted molar refractivity (Wildman–Crippen MR) is 314 cm³/mol. The molecule has 0 atom stereocenters. The lowest BCUT2D eigenvalue weighted by molar-refractivity contribution is 0.740. The van der Waals surface area contributed by atoms with Crippen LogP contribution in [-0.4, -0.2) is 89.0 Å². The number of hydrogen-bond donors (Lipinski definition) is 0. The molecule has 11 rings (SSSR count). The predicted octanol–water partition coefficient (Wildman–Crippen LogP) is 12.6. The van der Waals surface area contributed by atoms with Gasteiger partial charge in [0.15, 0.2) is 5.15 Å². The van der Waals surface area contributed by atoms with E-state index in [1.807, 2.05) is 185 Å². The summed E-state index contributed by atoms with van der Waals surface area (Å²) in [5.41, 5.74) is 9.56. The molecule has 408 valence electrons. The van der Waals surface area contributed by atoms with E-state index in [0.717, 1.165) is 50.7 Å². The van der Waals surface area contributed by atoms with Crippen molar-refractivity contribution in [3.63, 3.8) is 0 Å². The summed E-state index contributed by atoms with van der Waals surface area (Å²) < 4.78 is 7.00. The van der Waals surface area contributed by atoms with E-state index in [9.17, 15) is 0 Å². The van der Waals surface area contributed by atoms with Crippen LogP contribution in [0.2, 0.25) is 15.3 Å². The van der Waals surface area contributed by atoms with Crippen molar-refractivity contribution in [1.82, 2.24) is 89.0 Å². The van der Waals surface area contributed by atoms with Crippen LogP contribution in [0.1, 0.15) is 56.4 Å². The zero-order chi connectivity index (χ0) is 57.2. The van der Waals surface area contributed by atoms with E-state index in [4.69, 9.17) is 34.8 Å². The maximum atomic E-state index is 5.53. The summed E-state index contributed by atoms with van der Waals surface area (Å²) in [6, 6.07) is 23.0. The Bertz CT molecular complexity index is 2720. The zero-order valence-corrected chi connectivity index (χ0v) is 50.0. The SMILES string of the molecule is Cc1cc(Cl)nn1C.Cc1ccc(Cl)nc1.Cc1ccccn1.Cc1ccccn1.Cc1ccn(C)n1.Cc1ccnn1C.Cc1cscn1.Cc1ncc(Cl)cn1.Cc1ncccn1.Cc1nccs1.Cn1cncn1. The third kappa shape index (κ3) is 38.7. The minimum atomic E-state index is 0.551. The molecular formula is C54H69Cl3N18S2. The normalized spacial score (nSPS) is 9.10. The second kappa shape index (κ2) is 41.7. The molecule has 23 heteroatoms. The Morgan fingerprint density at radius 3 is 1.30 bits per heavy atom. The van der Waals surface area contributed by atoms with Gasteiger partial charge in [-0.3, -0.25) is 38.7 Å². The zero-order valence-electron chi connectivity index (χ0n) is 46.1. The fourth-order valence-corrected chi connectivity index (χ4v) is 5.89. The lowest BCUT2D eigenvalue weighted by Gasteiger charge is -1.87. The molecule has 0 saturated heterocycles. The molecule has 0 amide bonds. The van der Waals surface area contributed by atoms with E-state index in [1.54, 1.807) is 111 Å². The first kappa shape index (κ1) is 67.5. The van der Waals surface area contributed by atoms with Crippen molar-refractivity contribution in [3.8, 4) is 0 Å². The van der Waals surface area contributed by atoms with E-state index < -0.39 is 0 Å². The molecule has 0 aliphatic rings. The molecule has 0 bridgehead atoms. The van der Waals surface area contributed by atoms with Crippen molar-refractivity contribution >= 4 is 57.5 Å². The van der Waals surface area contributed by atoms with Crippen molar-refractivity contribution < 1.29 is 0 Å². The molecule has 0 radical (unpaired) electrons. The maximum absolute atomic E-state index is 5.53. The monoisotopic (exact) mass is 1140 g/mol. The van der Waals surface area contributed by atoms with Gasteiger partial charge in [0.1, 0.15) is 29.5 Å². The molecule has 0 N–H and O–H groups in total. The van der Waals surface area contributed by atoms with Crippen LogP contribution in [-0.2, 0) is 28.2 Å². The molecule has 0 fully saturated rings. The highest BCUT2D eigenvalue weighted by atomic mass is 35.5. The molecule has 0 unspecified atom stereocenters. The molecule has 0 aliphatic carbocycles. The van der Waals surface area contributed by atoms with E-state index in [-0.39, 0.29) is 0 Å². The second-order valence-corrected chi connectivity index (χ2v) is 18.6. The lowest BCUT2D eigenvalue weighted by Crippen LogP contribution is -1.90. The molecule has 0 aliphatic heterocycles. The van der Waals surface area contributed by atoms with Crippen LogP contribution < -0.4 is 0 Å². The van der Waals surface area contributed by atoms with Gasteiger partial charge in [-0.1, -0.05) is 53.0 Å². The molecule has 11 aromatic heterocycles. The van der Waals surface area contributed by atoms with Crippen LogP contribution >= 0.6 is 57.5 Å². The molecule has 0 spiro atoms. The Kier molecular flexibility index (Phi) is 36.6. The summed E-state index contributed by atoms with van der Waals surface area (Å²) >= 11 is 19.8. The first-order valence-electron chi connectivity index (χ1n) is 23.3. The number of aromatic nitrogens is 18. The average Bonchev–Trinajstić information content (AvgIpc) is 4.32. The molecular weight excluding hydrogens is 1070 g/mol. The highest BCUT2D eigenvalue weighted by Gasteiger charge is 1.94. The topological polar surface area (TPSA) is 200 Å². The first-order chi connectivity index (χ1) is 36.7. The van der Waals surface area contributed by atoms with Gasteiger partial charge >= 0.3 is 0 Å². The number of aryl methyl sites for hydroxylation is 14. The van der Waals surface area contributed by atoms with Crippen LogP contribution in [0.15, 0.2) is 164 Å². The summed E-state index contributed by atoms with van der Waals surface area (Å²) in [6.45, 7) is 19.5. The van der Waals surface area contributed by atoms with E-state index in [2.05, 4.69) is 70.2 Å². The number of halogens is 3. The van der Waals surface area contributed by atoms with Crippen LogP contribution in [0.3, 0.4) is 0 Å². The van der Waals surface area contributed by atoms with Gasteiger partial charge in [0, 0.05) is 129 Å². The number of pyridine rings is 3. The number of nitrogens with zero attached hydrogens (tertiary/aromatic N) is 18. The van der Waals surface area contributed by atoms with Gasteiger partial charge in [-0.05, 0) is 129 Å². The average molecular weight is 1140 g/mol. The summed E-state index contributed by atoms with van der Waals surface area (Å²) in [5, 5.41) is 22.4. The van der Waals surface area contributed by atoms with Gasteiger partial charge in [0.2, 0.25) is 0 Å². The first-order valence-corrected chi connectivity index (χ1v) is 26.3. The fraction of sp³-hybridized carbons (Fsp3) is 0.259.